The lowest BCUT2D eigenvalue weighted by Gasteiger charge is -2.40. The molecule has 0 aromatic rings. The maximum Gasteiger partial charge on any atom is 0.244 e. The zero-order valence-electron chi connectivity index (χ0n) is 32.0. The predicted molar refractivity (Wildman–Crippen MR) is 204 cm³/mol. The van der Waals surface area contributed by atoms with Gasteiger partial charge in [0.15, 0.2) is 6.29 Å². The summed E-state index contributed by atoms with van der Waals surface area (Å²) in [5.74, 6) is -0.456. The van der Waals surface area contributed by atoms with Crippen LogP contribution in [0.5, 0.6) is 0 Å². The smallest absolute Gasteiger partial charge is 0.244 e. The van der Waals surface area contributed by atoms with Crippen molar-refractivity contribution in [2.45, 2.75) is 243 Å². The Hall–Kier alpha value is -0.990. The highest BCUT2D eigenvalue weighted by Crippen LogP contribution is 2.20. The highest BCUT2D eigenvalue weighted by atomic mass is 16.6. The second-order valence-electron chi connectivity index (χ2n) is 15.1. The molecule has 0 aliphatic carbocycles. The second kappa shape index (κ2) is 34.1. The third-order valence-corrected chi connectivity index (χ3v) is 10.5. The fourth-order valence-corrected chi connectivity index (χ4v) is 7.12. The lowest BCUT2D eigenvalue weighted by atomic mass is 9.97. The number of aliphatic hydroxyl groups is 4. The van der Waals surface area contributed by atoms with E-state index >= 15 is 0 Å². The van der Waals surface area contributed by atoms with E-state index in [9.17, 15) is 20.1 Å². The third-order valence-electron chi connectivity index (χ3n) is 10.5. The van der Waals surface area contributed by atoms with Crippen LogP contribution in [0.1, 0.15) is 212 Å². The normalized spacial score (nSPS) is 21.1. The monoisotopic (exact) mass is 696 g/mol. The van der Waals surface area contributed by atoms with Gasteiger partial charge < -0.3 is 30.5 Å². The molecule has 290 valence electrons. The van der Waals surface area contributed by atoms with Crippen molar-refractivity contribution in [1.82, 2.24) is 5.32 Å². The van der Waals surface area contributed by atoms with Gasteiger partial charge in [-0.05, 0) is 18.9 Å². The Morgan fingerprint density at radius 2 is 0.857 bits per heavy atom. The zero-order valence-corrected chi connectivity index (χ0v) is 32.0. The van der Waals surface area contributed by atoms with Crippen LogP contribution < -0.4 is 5.32 Å². The van der Waals surface area contributed by atoms with Crippen molar-refractivity contribution in [3.63, 3.8) is 0 Å². The van der Waals surface area contributed by atoms with Crippen LogP contribution >= 0.6 is 0 Å². The fraction of sp³-hybridized carbons (Fsp3) is 0.929. The van der Waals surface area contributed by atoms with Gasteiger partial charge in [-0.3, -0.25) is 4.79 Å². The van der Waals surface area contributed by atoms with Gasteiger partial charge in [-0.2, -0.15) is 0 Å². The summed E-state index contributed by atoms with van der Waals surface area (Å²) in [5.41, 5.74) is 0. The molecule has 0 spiro atoms. The number of allylic oxidation sites excluding steroid dienone is 1. The molecule has 1 fully saturated rings. The molecule has 49 heavy (non-hydrogen) atoms. The summed E-state index contributed by atoms with van der Waals surface area (Å²) < 4.78 is 5.06. The van der Waals surface area contributed by atoms with E-state index in [4.69, 9.17) is 9.84 Å². The van der Waals surface area contributed by atoms with E-state index in [0.717, 1.165) is 19.3 Å². The van der Waals surface area contributed by atoms with Gasteiger partial charge in [-0.1, -0.05) is 206 Å². The van der Waals surface area contributed by atoms with Gasteiger partial charge >= 0.3 is 0 Å². The molecule has 1 aliphatic heterocycles. The molecule has 1 unspecified atom stereocenters. The molecule has 0 bridgehead atoms. The minimum atomic E-state index is -1.49. The first-order valence-electron chi connectivity index (χ1n) is 21.3. The van der Waals surface area contributed by atoms with E-state index in [-0.39, 0.29) is 0 Å². The zero-order chi connectivity index (χ0) is 35.6. The molecule has 0 aromatic heterocycles. The molecule has 7 heteroatoms. The quantitative estimate of drug-likeness (QED) is 0.0333. The molecule has 5 atom stereocenters. The molecule has 5 N–H and O–H groups in total. The summed E-state index contributed by atoms with van der Waals surface area (Å²) in [6.45, 7) is 1.76. The topological polar surface area (TPSA) is 119 Å². The Morgan fingerprint density at radius 1 is 0.531 bits per heavy atom. The van der Waals surface area contributed by atoms with E-state index in [1.165, 1.54) is 192 Å². The second-order valence-corrected chi connectivity index (χ2v) is 15.1. The molecule has 0 radical (unpaired) electrons. The summed E-state index contributed by atoms with van der Waals surface area (Å²) in [6.07, 6.45) is 41.9. The van der Waals surface area contributed by atoms with Crippen LogP contribution in [-0.4, -0.2) is 63.6 Å². The maximum atomic E-state index is 12.1. The number of carbonyl (C=O) groups is 1. The number of hydrogen-bond acceptors (Lipinski definition) is 6. The molecule has 1 aliphatic rings. The summed E-state index contributed by atoms with van der Waals surface area (Å²) in [7, 11) is 0. The van der Waals surface area contributed by atoms with Crippen molar-refractivity contribution < 1.29 is 30.0 Å². The average Bonchev–Trinajstić information content (AvgIpc) is 3.10. The summed E-state index contributed by atoms with van der Waals surface area (Å²) in [6, 6.07) is -1.15. The molecule has 1 amide bonds. The third kappa shape index (κ3) is 26.4. The van der Waals surface area contributed by atoms with Crippen LogP contribution in [0.3, 0.4) is 0 Å². The van der Waals surface area contributed by atoms with E-state index in [1.807, 2.05) is 0 Å². The molecule has 1 heterocycles. The molecular formula is C42H81NO6. The minimum Gasteiger partial charge on any atom is -0.394 e. The van der Waals surface area contributed by atoms with Crippen LogP contribution in [0.2, 0.25) is 0 Å². The van der Waals surface area contributed by atoms with Crippen LogP contribution in [-0.2, 0) is 9.53 Å². The van der Waals surface area contributed by atoms with Crippen molar-refractivity contribution in [3.05, 3.63) is 12.2 Å². The van der Waals surface area contributed by atoms with E-state index in [2.05, 4.69) is 12.2 Å². The molecule has 1 saturated heterocycles. The first-order chi connectivity index (χ1) is 24.0. The number of ether oxygens (including phenoxy) is 1. The van der Waals surface area contributed by atoms with E-state index in [0.29, 0.717) is 0 Å². The Labute approximate surface area is 302 Å². The minimum absolute atomic E-state index is 0.456. The number of unbranched alkanes of at least 4 members (excludes halogenated alkanes) is 31. The van der Waals surface area contributed by atoms with Gasteiger partial charge in [-0.15, -0.1) is 0 Å². The Morgan fingerprint density at radius 3 is 1.18 bits per heavy atom. The first kappa shape index (κ1) is 46.0. The Balaban J connectivity index is 1.74. The maximum absolute atomic E-state index is 12.1. The lowest BCUT2D eigenvalue weighted by molar-refractivity contribution is -0.253. The predicted octanol–water partition coefficient (Wildman–Crippen LogP) is 9.96. The number of hydrogen-bond donors (Lipinski definition) is 5. The molecule has 7 nitrogen and oxygen atoms in total. The Bertz CT molecular complexity index is 749. The highest BCUT2D eigenvalue weighted by molar-refractivity contribution is 5.87. The molecule has 0 saturated carbocycles. The van der Waals surface area contributed by atoms with Gasteiger partial charge in [0, 0.05) is 0 Å². The number of aliphatic hydroxyl groups excluding tert-OH is 4. The molecule has 0 aromatic carbocycles. The van der Waals surface area contributed by atoms with Gasteiger partial charge in [0.2, 0.25) is 5.91 Å². The number of nitrogens with one attached hydrogen (secondary N) is 1. The van der Waals surface area contributed by atoms with Crippen LogP contribution in [0, 0.1) is 0 Å². The first-order valence-corrected chi connectivity index (χ1v) is 21.3. The summed E-state index contributed by atoms with van der Waals surface area (Å²) >= 11 is 0. The van der Waals surface area contributed by atoms with E-state index in [1.54, 1.807) is 6.08 Å². The molecule has 1 rings (SSSR count). The lowest BCUT2D eigenvalue weighted by Crippen LogP contribution is -2.64. The average molecular weight is 696 g/mol. The van der Waals surface area contributed by atoms with Gasteiger partial charge in [-0.25, -0.2) is 0 Å². The highest BCUT2D eigenvalue weighted by Gasteiger charge is 2.44. The van der Waals surface area contributed by atoms with Crippen LogP contribution in [0.15, 0.2) is 12.2 Å². The standard InChI is InChI=1S/C42H81NO6/c1-2-3-4-5-6-7-8-9-10-11-12-13-14-15-16-17-18-19-20-21-22-23-24-25-26-27-28-29-30-31-32-33-34-35-38(45)43-39-41(47)40(46)37(36-44)49-42(39)48/h34-35,37,39-42,44,46-48H,2-33,36H2,1H3,(H,43,45)/t37-,39-,40+,41-,42?/m1/s1. The van der Waals surface area contributed by atoms with Crippen molar-refractivity contribution in [2.24, 2.45) is 0 Å². The van der Waals surface area contributed by atoms with Gasteiger partial charge in [0.05, 0.1) is 6.61 Å². The molecular weight excluding hydrogens is 614 g/mol. The summed E-state index contributed by atoms with van der Waals surface area (Å²) in [4.78, 5) is 12.1. The number of rotatable bonds is 35. The van der Waals surface area contributed by atoms with Gasteiger partial charge in [0.1, 0.15) is 24.4 Å². The van der Waals surface area contributed by atoms with Crippen molar-refractivity contribution >= 4 is 5.91 Å². The summed E-state index contributed by atoms with van der Waals surface area (Å²) in [5, 5.41) is 41.6. The van der Waals surface area contributed by atoms with E-state index < -0.39 is 43.2 Å². The van der Waals surface area contributed by atoms with Crippen molar-refractivity contribution in [3.8, 4) is 0 Å². The Kier molecular flexibility index (Phi) is 32.0. The van der Waals surface area contributed by atoms with Crippen molar-refractivity contribution in [1.29, 1.82) is 0 Å². The number of amides is 1. The van der Waals surface area contributed by atoms with Crippen molar-refractivity contribution in [2.75, 3.05) is 6.61 Å². The van der Waals surface area contributed by atoms with Crippen LogP contribution in [0.25, 0.3) is 0 Å². The van der Waals surface area contributed by atoms with Crippen LogP contribution in [0.4, 0.5) is 0 Å². The largest absolute Gasteiger partial charge is 0.394 e. The SMILES string of the molecule is CCCCCCCCCCCCCCCCCCCCCCCCCCCCCCCCCC=CC(=O)N[C@H]1C(O)O[C@H](CO)[C@H](O)[C@@H]1O. The van der Waals surface area contributed by atoms with Gasteiger partial charge in [0.25, 0.3) is 0 Å². The number of carbonyl (C=O) groups excluding carboxylic acids is 1. The fourth-order valence-electron chi connectivity index (χ4n) is 7.12.